The summed E-state index contributed by atoms with van der Waals surface area (Å²) in [7, 11) is 0. The van der Waals surface area contributed by atoms with Crippen molar-refractivity contribution in [1.29, 1.82) is 0 Å². The minimum absolute atomic E-state index is 0.0110. The fraction of sp³-hybridized carbons (Fsp3) is 0.889. The Morgan fingerprint density at radius 2 is 0.603 bits per heavy atom. The Balaban J connectivity index is 3.40. The lowest BCUT2D eigenvalue weighted by atomic mass is 10.0. The van der Waals surface area contributed by atoms with Gasteiger partial charge in [0.25, 0.3) is 0 Å². The Kier molecular flexibility index (Phi) is 65.9. The number of ether oxygens (including phenoxy) is 1. The number of amides is 1. The van der Waals surface area contributed by atoms with Crippen LogP contribution in [0.15, 0.2) is 36.5 Å². The van der Waals surface area contributed by atoms with Crippen LogP contribution in [0.2, 0.25) is 0 Å². The average molecular weight is 1100 g/mol. The molecule has 0 fully saturated rings. The van der Waals surface area contributed by atoms with Crippen molar-refractivity contribution < 1.29 is 24.5 Å². The van der Waals surface area contributed by atoms with E-state index < -0.39 is 12.1 Å². The summed E-state index contributed by atoms with van der Waals surface area (Å²) < 4.78 is 5.50. The van der Waals surface area contributed by atoms with E-state index in [-0.39, 0.29) is 18.5 Å². The number of rotatable bonds is 66. The third-order valence-corrected chi connectivity index (χ3v) is 16.4. The number of unbranched alkanes of at least 4 members (excludes halogenated alkanes) is 51. The van der Waals surface area contributed by atoms with Crippen LogP contribution in [-0.4, -0.2) is 47.4 Å². The largest absolute Gasteiger partial charge is 0.466 e. The second-order valence-electron chi connectivity index (χ2n) is 24.2. The number of nitrogens with one attached hydrogen (secondary N) is 1. The molecule has 0 aromatic carbocycles. The minimum Gasteiger partial charge on any atom is -0.466 e. The molecule has 0 aromatic heterocycles. The van der Waals surface area contributed by atoms with E-state index in [1.165, 1.54) is 315 Å². The zero-order valence-electron chi connectivity index (χ0n) is 52.7. The van der Waals surface area contributed by atoms with Gasteiger partial charge in [0.2, 0.25) is 5.91 Å². The number of esters is 1. The van der Waals surface area contributed by atoms with E-state index in [2.05, 4.69) is 43.5 Å². The fourth-order valence-electron chi connectivity index (χ4n) is 11.0. The van der Waals surface area contributed by atoms with E-state index >= 15 is 0 Å². The van der Waals surface area contributed by atoms with Crippen LogP contribution in [0.4, 0.5) is 0 Å². The number of aliphatic hydroxyl groups excluding tert-OH is 2. The number of hydrogen-bond acceptors (Lipinski definition) is 5. The molecule has 0 aromatic rings. The zero-order valence-corrected chi connectivity index (χ0v) is 52.7. The Hall–Kier alpha value is -1.92. The van der Waals surface area contributed by atoms with E-state index in [0.29, 0.717) is 19.4 Å². The van der Waals surface area contributed by atoms with Gasteiger partial charge in [-0.15, -0.1) is 0 Å². The number of aliphatic hydroxyl groups is 2. The Bertz CT molecular complexity index is 1260. The van der Waals surface area contributed by atoms with Gasteiger partial charge in [-0.05, 0) is 83.5 Å². The quantitative estimate of drug-likeness (QED) is 0.0320. The lowest BCUT2D eigenvalue weighted by Crippen LogP contribution is -2.45. The SMILES string of the molecule is CCCCCCCC/C=C\CCCCCCCCCC(=O)OCCCCCCCCCCCCCC/C=C\CCCCCCCCCCCCC(=O)NC(CO)C(O)/C=C/CCCCCCCCCCCCCCCCCC. The molecule has 0 rings (SSSR count). The minimum atomic E-state index is -0.846. The van der Waals surface area contributed by atoms with Gasteiger partial charge >= 0.3 is 5.97 Å². The molecule has 0 saturated heterocycles. The summed E-state index contributed by atoms with van der Waals surface area (Å²) in [6, 6.07) is -0.630. The number of carbonyl (C=O) groups is 2. The molecule has 2 atom stereocenters. The molecular weight excluding hydrogens is 959 g/mol. The van der Waals surface area contributed by atoms with Crippen LogP contribution in [0.25, 0.3) is 0 Å². The van der Waals surface area contributed by atoms with E-state index in [1.54, 1.807) is 6.08 Å². The van der Waals surface area contributed by atoms with Gasteiger partial charge in [-0.2, -0.15) is 0 Å². The van der Waals surface area contributed by atoms with Gasteiger partial charge in [-0.25, -0.2) is 0 Å². The first-order valence-electron chi connectivity index (χ1n) is 35.3. The maximum atomic E-state index is 12.5. The lowest BCUT2D eigenvalue weighted by molar-refractivity contribution is -0.143. The standard InChI is InChI=1S/C72H137NO5/c1-3-5-7-9-11-13-15-17-19-21-33-36-40-44-48-52-56-60-64-70(75)69(68-74)73-71(76)65-61-57-53-49-45-41-37-34-30-28-26-24-22-23-25-27-29-31-35-39-43-47-51-55-59-63-67-78-72(77)66-62-58-54-50-46-42-38-32-20-18-16-14-12-10-8-6-4-2/h18,20,22,24,60,64,69-70,74-75H,3-17,19,21,23,25-59,61-63,65-68H2,1-2H3,(H,73,76)/b20-18-,24-22-,64-60+. The molecule has 460 valence electrons. The topological polar surface area (TPSA) is 95.9 Å². The summed E-state index contributed by atoms with van der Waals surface area (Å²) in [5, 5.41) is 23.2. The van der Waals surface area contributed by atoms with Crippen molar-refractivity contribution in [3.05, 3.63) is 36.5 Å². The maximum absolute atomic E-state index is 12.5. The molecule has 6 heteroatoms. The molecule has 0 aliphatic heterocycles. The zero-order chi connectivity index (χ0) is 56.4. The van der Waals surface area contributed by atoms with Crippen LogP contribution >= 0.6 is 0 Å². The molecule has 0 heterocycles. The van der Waals surface area contributed by atoms with Crippen molar-refractivity contribution in [2.24, 2.45) is 0 Å². The molecule has 0 spiro atoms. The lowest BCUT2D eigenvalue weighted by Gasteiger charge is -2.20. The summed E-state index contributed by atoms with van der Waals surface area (Å²) in [6.07, 6.45) is 86.5. The monoisotopic (exact) mass is 1100 g/mol. The highest BCUT2D eigenvalue weighted by Crippen LogP contribution is 2.18. The van der Waals surface area contributed by atoms with E-state index in [0.717, 1.165) is 44.9 Å². The summed E-state index contributed by atoms with van der Waals surface area (Å²) in [5.74, 6) is -0.0560. The van der Waals surface area contributed by atoms with Crippen molar-refractivity contribution >= 4 is 11.9 Å². The van der Waals surface area contributed by atoms with Gasteiger partial charge in [0.05, 0.1) is 25.4 Å². The van der Waals surface area contributed by atoms with Crippen LogP contribution in [0.5, 0.6) is 0 Å². The fourth-order valence-corrected chi connectivity index (χ4v) is 11.0. The van der Waals surface area contributed by atoms with Gasteiger partial charge in [-0.1, -0.05) is 326 Å². The Labute approximate surface area is 487 Å². The molecule has 2 unspecified atom stereocenters. The molecular formula is C72H137NO5. The highest BCUT2D eigenvalue weighted by Gasteiger charge is 2.18. The van der Waals surface area contributed by atoms with Crippen molar-refractivity contribution in [3.63, 3.8) is 0 Å². The van der Waals surface area contributed by atoms with Crippen molar-refractivity contribution in [1.82, 2.24) is 5.32 Å². The summed E-state index contributed by atoms with van der Waals surface area (Å²) in [6.45, 7) is 4.93. The van der Waals surface area contributed by atoms with Crippen molar-refractivity contribution in [2.45, 2.75) is 398 Å². The summed E-state index contributed by atoms with van der Waals surface area (Å²) in [4.78, 5) is 24.6. The highest BCUT2D eigenvalue weighted by atomic mass is 16.5. The van der Waals surface area contributed by atoms with Gasteiger partial charge in [0.15, 0.2) is 0 Å². The molecule has 0 radical (unpaired) electrons. The molecule has 0 aliphatic carbocycles. The summed E-state index contributed by atoms with van der Waals surface area (Å²) in [5.41, 5.74) is 0. The normalized spacial score (nSPS) is 12.7. The van der Waals surface area contributed by atoms with Gasteiger partial charge < -0.3 is 20.3 Å². The van der Waals surface area contributed by atoms with E-state index in [4.69, 9.17) is 4.74 Å². The van der Waals surface area contributed by atoms with Crippen LogP contribution in [0, 0.1) is 0 Å². The number of carbonyl (C=O) groups excluding carboxylic acids is 2. The molecule has 1 amide bonds. The van der Waals surface area contributed by atoms with Gasteiger partial charge in [0.1, 0.15) is 0 Å². The third-order valence-electron chi connectivity index (χ3n) is 16.4. The average Bonchev–Trinajstić information content (AvgIpc) is 3.44. The first kappa shape index (κ1) is 76.1. The van der Waals surface area contributed by atoms with Crippen molar-refractivity contribution in [2.75, 3.05) is 13.2 Å². The summed E-state index contributed by atoms with van der Waals surface area (Å²) >= 11 is 0. The van der Waals surface area contributed by atoms with Crippen molar-refractivity contribution in [3.8, 4) is 0 Å². The van der Waals surface area contributed by atoms with Crippen LogP contribution in [0.1, 0.15) is 386 Å². The smallest absolute Gasteiger partial charge is 0.305 e. The molecule has 78 heavy (non-hydrogen) atoms. The second kappa shape index (κ2) is 67.6. The first-order valence-corrected chi connectivity index (χ1v) is 35.3. The predicted molar refractivity (Wildman–Crippen MR) is 343 cm³/mol. The highest BCUT2D eigenvalue weighted by molar-refractivity contribution is 5.76. The van der Waals surface area contributed by atoms with E-state index in [9.17, 15) is 19.8 Å². The van der Waals surface area contributed by atoms with Crippen LogP contribution in [-0.2, 0) is 14.3 Å². The molecule has 0 aliphatic rings. The first-order chi connectivity index (χ1) is 38.5. The number of allylic oxidation sites excluding steroid dienone is 5. The third kappa shape index (κ3) is 63.3. The maximum Gasteiger partial charge on any atom is 0.305 e. The predicted octanol–water partition coefficient (Wildman–Crippen LogP) is 22.7. The Morgan fingerprint density at radius 1 is 0.346 bits per heavy atom. The molecule has 3 N–H and O–H groups in total. The van der Waals surface area contributed by atoms with E-state index in [1.807, 2.05) is 6.08 Å². The molecule has 0 saturated carbocycles. The molecule has 0 bridgehead atoms. The van der Waals surface area contributed by atoms with Gasteiger partial charge in [0, 0.05) is 12.8 Å². The molecule has 6 nitrogen and oxygen atoms in total. The second-order valence-corrected chi connectivity index (χ2v) is 24.2. The number of hydrogen-bond donors (Lipinski definition) is 3. The Morgan fingerprint density at radius 3 is 0.910 bits per heavy atom. The van der Waals surface area contributed by atoms with Crippen LogP contribution in [0.3, 0.4) is 0 Å². The van der Waals surface area contributed by atoms with Gasteiger partial charge in [-0.3, -0.25) is 9.59 Å². The van der Waals surface area contributed by atoms with Crippen LogP contribution < -0.4 is 5.32 Å².